The van der Waals surface area contributed by atoms with Gasteiger partial charge >= 0.3 is 0 Å². The molecule has 2 aromatic carbocycles. The molecule has 3 heterocycles. The van der Waals surface area contributed by atoms with Crippen molar-refractivity contribution in [3.8, 4) is 17.1 Å². The van der Waals surface area contributed by atoms with E-state index < -0.39 is 0 Å². The van der Waals surface area contributed by atoms with Gasteiger partial charge in [-0.15, -0.1) is 5.10 Å². The largest absolute Gasteiger partial charge is 0.497 e. The molecule has 0 fully saturated rings. The van der Waals surface area contributed by atoms with E-state index in [1.165, 1.54) is 11.8 Å². The molecule has 0 radical (unpaired) electrons. The summed E-state index contributed by atoms with van der Waals surface area (Å²) in [5.74, 6) is 1.30. The van der Waals surface area contributed by atoms with Gasteiger partial charge < -0.3 is 14.5 Å². The number of ether oxygens (including phenoxy) is 1. The van der Waals surface area contributed by atoms with Crippen LogP contribution in [0.2, 0.25) is 0 Å². The summed E-state index contributed by atoms with van der Waals surface area (Å²) < 4.78 is 12.0. The second kappa shape index (κ2) is 8.11. The monoisotopic (exact) mass is 431 g/mol. The summed E-state index contributed by atoms with van der Waals surface area (Å²) in [6, 6.07) is 16.7. The van der Waals surface area contributed by atoms with E-state index in [4.69, 9.17) is 14.1 Å². The van der Waals surface area contributed by atoms with E-state index in [9.17, 15) is 4.79 Å². The molecule has 5 aromatic rings. The number of methoxy groups -OCH3 is 1. The van der Waals surface area contributed by atoms with Crippen molar-refractivity contribution in [1.82, 2.24) is 19.6 Å². The zero-order chi connectivity index (χ0) is 21.2. The van der Waals surface area contributed by atoms with Crippen LogP contribution in [-0.4, -0.2) is 38.4 Å². The molecule has 3 aromatic heterocycles. The van der Waals surface area contributed by atoms with Gasteiger partial charge in [-0.1, -0.05) is 23.9 Å². The number of nitrogens with one attached hydrogen (secondary N) is 1. The Labute approximate surface area is 181 Å². The van der Waals surface area contributed by atoms with E-state index in [0.29, 0.717) is 22.3 Å². The molecule has 0 aliphatic heterocycles. The summed E-state index contributed by atoms with van der Waals surface area (Å²) >= 11 is 1.30. The predicted octanol–water partition coefficient (Wildman–Crippen LogP) is 4.28. The zero-order valence-corrected chi connectivity index (χ0v) is 17.3. The quantitative estimate of drug-likeness (QED) is 0.317. The number of nitrogens with zero attached hydrogens (tertiary/aromatic N) is 4. The number of rotatable bonds is 6. The Kier molecular flexibility index (Phi) is 5.01. The fourth-order valence-electron chi connectivity index (χ4n) is 3.14. The minimum absolute atomic E-state index is 0.145. The van der Waals surface area contributed by atoms with Gasteiger partial charge in [-0.05, 0) is 42.5 Å². The number of fused-ring (bicyclic) bond motifs is 3. The number of furan rings is 1. The standard InChI is InChI=1S/C22H17N5O3S/c1-29-16-8-6-15(7-9-16)23-19(28)13-31-22-24-18-5-3-2-4-17(18)21-25-20(26-27(21)22)14-10-11-30-12-14/h2-12H,13H2,1H3,(H,23,28). The topological polar surface area (TPSA) is 94.5 Å². The molecule has 154 valence electrons. The lowest BCUT2D eigenvalue weighted by molar-refractivity contribution is -0.113. The first-order valence-electron chi connectivity index (χ1n) is 9.46. The van der Waals surface area contributed by atoms with Crippen LogP contribution >= 0.6 is 11.8 Å². The number of para-hydroxylation sites is 1. The molecule has 0 bridgehead atoms. The number of anilines is 1. The molecule has 0 unspecified atom stereocenters. The fourth-order valence-corrected chi connectivity index (χ4v) is 3.88. The van der Waals surface area contributed by atoms with Crippen LogP contribution in [0.3, 0.4) is 0 Å². The van der Waals surface area contributed by atoms with E-state index >= 15 is 0 Å². The lowest BCUT2D eigenvalue weighted by atomic mass is 10.2. The lowest BCUT2D eigenvalue weighted by Gasteiger charge is -2.07. The summed E-state index contributed by atoms with van der Waals surface area (Å²) in [5, 5.41) is 8.95. The number of thioether (sulfide) groups is 1. The maximum Gasteiger partial charge on any atom is 0.234 e. The Balaban J connectivity index is 1.43. The Morgan fingerprint density at radius 2 is 1.97 bits per heavy atom. The Hall–Kier alpha value is -3.85. The second-order valence-electron chi connectivity index (χ2n) is 6.66. The number of aromatic nitrogens is 4. The van der Waals surface area contributed by atoms with Gasteiger partial charge in [0.1, 0.15) is 12.0 Å². The Bertz CT molecular complexity index is 1360. The van der Waals surface area contributed by atoms with Crippen molar-refractivity contribution in [2.75, 3.05) is 18.2 Å². The third-order valence-electron chi connectivity index (χ3n) is 4.63. The average Bonchev–Trinajstić information content (AvgIpc) is 3.48. The predicted molar refractivity (Wildman–Crippen MR) is 118 cm³/mol. The number of hydrogen-bond donors (Lipinski definition) is 1. The first kappa shape index (κ1) is 19.1. The molecule has 0 aliphatic carbocycles. The minimum Gasteiger partial charge on any atom is -0.497 e. The Morgan fingerprint density at radius 3 is 2.74 bits per heavy atom. The SMILES string of the molecule is COc1ccc(NC(=O)CSc2nc3ccccc3c3nc(-c4ccoc4)nn23)cc1. The highest BCUT2D eigenvalue weighted by Gasteiger charge is 2.16. The van der Waals surface area contributed by atoms with Crippen molar-refractivity contribution < 1.29 is 13.9 Å². The van der Waals surface area contributed by atoms with Crippen LogP contribution in [0.4, 0.5) is 5.69 Å². The number of carbonyl (C=O) groups is 1. The molecule has 0 saturated carbocycles. The summed E-state index contributed by atoms with van der Waals surface area (Å²) in [4.78, 5) is 21.9. The van der Waals surface area contributed by atoms with Gasteiger partial charge in [0.2, 0.25) is 5.91 Å². The fraction of sp³-hybridized carbons (Fsp3) is 0.0909. The van der Waals surface area contributed by atoms with E-state index in [-0.39, 0.29) is 11.7 Å². The molecule has 1 N–H and O–H groups in total. The van der Waals surface area contributed by atoms with Gasteiger partial charge in [-0.25, -0.2) is 9.97 Å². The van der Waals surface area contributed by atoms with Crippen molar-refractivity contribution in [2.24, 2.45) is 0 Å². The first-order chi connectivity index (χ1) is 15.2. The first-order valence-corrected chi connectivity index (χ1v) is 10.4. The molecule has 0 atom stereocenters. The Morgan fingerprint density at radius 1 is 1.13 bits per heavy atom. The molecule has 0 spiro atoms. The van der Waals surface area contributed by atoms with Crippen LogP contribution in [0.1, 0.15) is 0 Å². The molecular weight excluding hydrogens is 414 g/mol. The molecule has 9 heteroatoms. The van der Waals surface area contributed by atoms with E-state index in [2.05, 4.69) is 15.4 Å². The van der Waals surface area contributed by atoms with Gasteiger partial charge in [-0.3, -0.25) is 4.79 Å². The molecule has 8 nitrogen and oxygen atoms in total. The normalized spacial score (nSPS) is 11.1. The van der Waals surface area contributed by atoms with Crippen LogP contribution in [0.15, 0.2) is 76.7 Å². The molecule has 5 rings (SSSR count). The molecular formula is C22H17N5O3S. The van der Waals surface area contributed by atoms with Gasteiger partial charge in [0, 0.05) is 11.1 Å². The van der Waals surface area contributed by atoms with Gasteiger partial charge in [-0.2, -0.15) is 4.52 Å². The third kappa shape index (κ3) is 3.82. The summed E-state index contributed by atoms with van der Waals surface area (Å²) in [5.41, 5.74) is 2.95. The highest BCUT2D eigenvalue weighted by molar-refractivity contribution is 7.99. The maximum atomic E-state index is 12.5. The van der Waals surface area contributed by atoms with Crippen molar-refractivity contribution >= 4 is 39.9 Å². The van der Waals surface area contributed by atoms with Crippen LogP contribution in [0, 0.1) is 0 Å². The number of carbonyl (C=O) groups excluding carboxylic acids is 1. The second-order valence-corrected chi connectivity index (χ2v) is 7.60. The smallest absolute Gasteiger partial charge is 0.234 e. The van der Waals surface area contributed by atoms with Crippen molar-refractivity contribution in [3.63, 3.8) is 0 Å². The van der Waals surface area contributed by atoms with Gasteiger partial charge in [0.05, 0.1) is 30.2 Å². The number of amides is 1. The molecule has 1 amide bonds. The van der Waals surface area contributed by atoms with Crippen LogP contribution < -0.4 is 10.1 Å². The average molecular weight is 431 g/mol. The third-order valence-corrected chi connectivity index (χ3v) is 5.56. The van der Waals surface area contributed by atoms with Crippen molar-refractivity contribution in [2.45, 2.75) is 5.16 Å². The van der Waals surface area contributed by atoms with E-state index in [1.807, 2.05) is 24.3 Å². The van der Waals surface area contributed by atoms with Crippen molar-refractivity contribution in [1.29, 1.82) is 0 Å². The zero-order valence-electron chi connectivity index (χ0n) is 16.5. The minimum atomic E-state index is -0.145. The van der Waals surface area contributed by atoms with Gasteiger partial charge in [0.15, 0.2) is 16.6 Å². The van der Waals surface area contributed by atoms with Crippen molar-refractivity contribution in [3.05, 3.63) is 67.1 Å². The van der Waals surface area contributed by atoms with Crippen LogP contribution in [0.5, 0.6) is 5.75 Å². The molecule has 0 aliphatic rings. The number of hydrogen-bond acceptors (Lipinski definition) is 7. The summed E-state index contributed by atoms with van der Waals surface area (Å²) in [7, 11) is 1.60. The van der Waals surface area contributed by atoms with Gasteiger partial charge in [0.25, 0.3) is 0 Å². The number of benzene rings is 2. The molecule has 31 heavy (non-hydrogen) atoms. The van der Waals surface area contributed by atoms with Crippen LogP contribution in [0.25, 0.3) is 27.9 Å². The molecule has 0 saturated heterocycles. The maximum absolute atomic E-state index is 12.5. The highest BCUT2D eigenvalue weighted by atomic mass is 32.2. The summed E-state index contributed by atoms with van der Waals surface area (Å²) in [6.45, 7) is 0. The lowest BCUT2D eigenvalue weighted by Crippen LogP contribution is -2.14. The van der Waals surface area contributed by atoms with Crippen LogP contribution in [-0.2, 0) is 4.79 Å². The van der Waals surface area contributed by atoms with E-state index in [0.717, 1.165) is 22.2 Å². The highest BCUT2D eigenvalue weighted by Crippen LogP contribution is 2.26. The van der Waals surface area contributed by atoms with E-state index in [1.54, 1.807) is 54.5 Å². The summed E-state index contributed by atoms with van der Waals surface area (Å²) in [6.07, 6.45) is 3.18.